The summed E-state index contributed by atoms with van der Waals surface area (Å²) in [5, 5.41) is 10.6. The molecule has 0 aromatic heterocycles. The summed E-state index contributed by atoms with van der Waals surface area (Å²) >= 11 is 0. The topological polar surface area (TPSA) is 23.5 Å². The molecule has 1 N–H and O–H groups in total. The van der Waals surface area contributed by atoms with Gasteiger partial charge in [-0.2, -0.15) is 0 Å². The van der Waals surface area contributed by atoms with Crippen molar-refractivity contribution in [3.05, 3.63) is 35.4 Å². The van der Waals surface area contributed by atoms with Crippen molar-refractivity contribution in [2.24, 2.45) is 0 Å². The molecule has 0 amide bonds. The van der Waals surface area contributed by atoms with Crippen LogP contribution in [0.1, 0.15) is 43.7 Å². The summed E-state index contributed by atoms with van der Waals surface area (Å²) in [6, 6.07) is 8.60. The van der Waals surface area contributed by atoms with Crippen LogP contribution in [0, 0.1) is 0 Å². The minimum absolute atomic E-state index is 0.121. The van der Waals surface area contributed by atoms with Crippen molar-refractivity contribution in [3.63, 3.8) is 0 Å². The Morgan fingerprint density at radius 1 is 1.39 bits per heavy atom. The van der Waals surface area contributed by atoms with E-state index in [1.807, 2.05) is 0 Å². The summed E-state index contributed by atoms with van der Waals surface area (Å²) in [5.74, 6) is 0.544. The van der Waals surface area contributed by atoms with Gasteiger partial charge >= 0.3 is 0 Å². The zero-order valence-electron chi connectivity index (χ0n) is 12.0. The van der Waals surface area contributed by atoms with E-state index in [2.05, 4.69) is 57.1 Å². The SMILES string of the molecule is CCC(C)(C(O)CC1Cc2ccccc21)N(C)C. The van der Waals surface area contributed by atoms with Gasteiger partial charge in [0.2, 0.25) is 0 Å². The summed E-state index contributed by atoms with van der Waals surface area (Å²) in [7, 11) is 4.11. The molecular weight excluding hydrogens is 222 g/mol. The summed E-state index contributed by atoms with van der Waals surface area (Å²) in [6.45, 7) is 4.31. The van der Waals surface area contributed by atoms with E-state index < -0.39 is 0 Å². The average molecular weight is 247 g/mol. The number of benzene rings is 1. The summed E-state index contributed by atoms with van der Waals surface area (Å²) in [5.41, 5.74) is 2.77. The van der Waals surface area contributed by atoms with Gasteiger partial charge in [-0.3, -0.25) is 0 Å². The maximum Gasteiger partial charge on any atom is 0.0726 e. The third-order valence-corrected chi connectivity index (χ3v) is 4.92. The number of hydrogen-bond acceptors (Lipinski definition) is 2. The normalized spacial score (nSPS) is 23.1. The first-order chi connectivity index (χ1) is 8.49. The van der Waals surface area contributed by atoms with Gasteiger partial charge in [0.25, 0.3) is 0 Å². The molecule has 1 aliphatic rings. The first-order valence-electron chi connectivity index (χ1n) is 6.92. The van der Waals surface area contributed by atoms with Crippen molar-refractivity contribution in [2.75, 3.05) is 14.1 Å². The number of fused-ring (bicyclic) bond motifs is 1. The Kier molecular flexibility index (Phi) is 3.79. The highest BCUT2D eigenvalue weighted by atomic mass is 16.3. The number of nitrogens with zero attached hydrogens (tertiary/aromatic N) is 1. The average Bonchev–Trinajstić information content (AvgIpc) is 2.34. The maximum absolute atomic E-state index is 10.6. The Morgan fingerprint density at radius 3 is 2.61 bits per heavy atom. The van der Waals surface area contributed by atoms with Gasteiger partial charge in [-0.1, -0.05) is 31.2 Å². The van der Waals surface area contributed by atoms with E-state index in [1.165, 1.54) is 11.1 Å². The second-order valence-corrected chi connectivity index (χ2v) is 5.96. The van der Waals surface area contributed by atoms with Gasteiger partial charge in [0.15, 0.2) is 0 Å². The van der Waals surface area contributed by atoms with Crippen molar-refractivity contribution < 1.29 is 5.11 Å². The lowest BCUT2D eigenvalue weighted by molar-refractivity contribution is -0.00767. The quantitative estimate of drug-likeness (QED) is 0.865. The van der Waals surface area contributed by atoms with Gasteiger partial charge in [0.1, 0.15) is 0 Å². The van der Waals surface area contributed by atoms with Crippen LogP contribution in [0.3, 0.4) is 0 Å². The van der Waals surface area contributed by atoms with Gasteiger partial charge in [-0.15, -0.1) is 0 Å². The molecule has 0 heterocycles. The van der Waals surface area contributed by atoms with Crippen LogP contribution >= 0.6 is 0 Å². The highest BCUT2D eigenvalue weighted by molar-refractivity contribution is 5.40. The predicted molar refractivity (Wildman–Crippen MR) is 75.9 cm³/mol. The van der Waals surface area contributed by atoms with E-state index in [0.717, 1.165) is 19.3 Å². The third kappa shape index (κ3) is 2.19. The van der Waals surface area contributed by atoms with Gasteiger partial charge < -0.3 is 10.0 Å². The molecule has 0 aliphatic heterocycles. The number of aliphatic hydroxyl groups is 1. The number of likely N-dealkylation sites (N-methyl/N-ethyl adjacent to an activating group) is 1. The van der Waals surface area contributed by atoms with Crippen molar-refractivity contribution in [1.29, 1.82) is 0 Å². The number of aliphatic hydroxyl groups excluding tert-OH is 1. The molecule has 0 radical (unpaired) electrons. The lowest BCUT2D eigenvalue weighted by Gasteiger charge is -2.43. The fourth-order valence-electron chi connectivity index (χ4n) is 2.95. The van der Waals surface area contributed by atoms with E-state index in [4.69, 9.17) is 0 Å². The van der Waals surface area contributed by atoms with Gasteiger partial charge in [-0.25, -0.2) is 0 Å². The fourth-order valence-corrected chi connectivity index (χ4v) is 2.95. The lowest BCUT2D eigenvalue weighted by atomic mass is 9.72. The molecule has 1 aliphatic carbocycles. The summed E-state index contributed by atoms with van der Waals surface area (Å²) in [4.78, 5) is 2.15. The molecule has 18 heavy (non-hydrogen) atoms. The van der Waals surface area contributed by atoms with Crippen molar-refractivity contribution in [3.8, 4) is 0 Å². The van der Waals surface area contributed by atoms with Crippen molar-refractivity contribution in [2.45, 2.75) is 50.7 Å². The first kappa shape index (κ1) is 13.6. The predicted octanol–water partition coefficient (Wildman–Crippen LogP) is 2.81. The highest BCUT2D eigenvalue weighted by Gasteiger charge is 2.37. The van der Waals surface area contributed by atoms with Crippen molar-refractivity contribution >= 4 is 0 Å². The van der Waals surface area contributed by atoms with Crippen molar-refractivity contribution in [1.82, 2.24) is 4.90 Å². The van der Waals surface area contributed by atoms with Crippen LogP contribution in [0.15, 0.2) is 24.3 Å². The summed E-state index contributed by atoms with van der Waals surface area (Å²) < 4.78 is 0. The smallest absolute Gasteiger partial charge is 0.0726 e. The van der Waals surface area contributed by atoms with Gasteiger partial charge in [0.05, 0.1) is 6.10 Å². The summed E-state index contributed by atoms with van der Waals surface area (Å²) in [6.07, 6.45) is 2.70. The van der Waals surface area contributed by atoms with E-state index in [1.54, 1.807) is 0 Å². The number of rotatable bonds is 5. The Labute approximate surface area is 111 Å². The molecule has 0 saturated carbocycles. The zero-order valence-corrected chi connectivity index (χ0v) is 12.0. The van der Waals surface area contributed by atoms with Crippen LogP contribution < -0.4 is 0 Å². The Bertz CT molecular complexity index is 415. The minimum Gasteiger partial charge on any atom is -0.391 e. The molecule has 2 nitrogen and oxygen atoms in total. The molecule has 1 aromatic carbocycles. The minimum atomic E-state index is -0.268. The van der Waals surface area contributed by atoms with Crippen LogP contribution in [0.2, 0.25) is 0 Å². The maximum atomic E-state index is 10.6. The van der Waals surface area contributed by atoms with Gasteiger partial charge in [0, 0.05) is 5.54 Å². The molecule has 2 heteroatoms. The van der Waals surface area contributed by atoms with Crippen LogP contribution in [0.5, 0.6) is 0 Å². The molecule has 0 saturated heterocycles. The molecule has 0 spiro atoms. The van der Waals surface area contributed by atoms with E-state index in [0.29, 0.717) is 5.92 Å². The molecular formula is C16H25NO. The highest BCUT2D eigenvalue weighted by Crippen LogP contribution is 2.40. The monoisotopic (exact) mass is 247 g/mol. The molecule has 2 rings (SSSR count). The number of hydrogen-bond donors (Lipinski definition) is 1. The van der Waals surface area contributed by atoms with Crippen LogP contribution in [0.25, 0.3) is 0 Å². The standard InChI is InChI=1S/C16H25NO/c1-5-16(2,17(3)4)15(18)11-13-10-12-8-6-7-9-14(12)13/h6-9,13,15,18H,5,10-11H2,1-4H3. The molecule has 0 bridgehead atoms. The molecule has 3 atom stereocenters. The largest absolute Gasteiger partial charge is 0.391 e. The zero-order chi connectivity index (χ0) is 13.3. The van der Waals surface area contributed by atoms with Crippen LogP contribution in [-0.4, -0.2) is 35.7 Å². The first-order valence-corrected chi connectivity index (χ1v) is 6.92. The van der Waals surface area contributed by atoms with E-state index in [-0.39, 0.29) is 11.6 Å². The second kappa shape index (κ2) is 5.02. The second-order valence-electron chi connectivity index (χ2n) is 5.96. The van der Waals surface area contributed by atoms with Crippen LogP contribution in [0.4, 0.5) is 0 Å². The Balaban J connectivity index is 2.04. The lowest BCUT2D eigenvalue weighted by Crippen LogP contribution is -2.51. The van der Waals surface area contributed by atoms with Gasteiger partial charge in [-0.05, 0) is 57.3 Å². The third-order valence-electron chi connectivity index (χ3n) is 4.92. The van der Waals surface area contributed by atoms with E-state index in [9.17, 15) is 5.11 Å². The molecule has 1 aromatic rings. The molecule has 100 valence electrons. The van der Waals surface area contributed by atoms with Crippen LogP contribution in [-0.2, 0) is 6.42 Å². The molecule has 3 unspecified atom stereocenters. The Hall–Kier alpha value is -0.860. The molecule has 0 fully saturated rings. The van der Waals surface area contributed by atoms with E-state index >= 15 is 0 Å². The fraction of sp³-hybridized carbons (Fsp3) is 0.625. The Morgan fingerprint density at radius 2 is 2.06 bits per heavy atom.